The Labute approximate surface area is 174 Å². The van der Waals surface area contributed by atoms with Crippen LogP contribution in [0.5, 0.6) is 0 Å². The van der Waals surface area contributed by atoms with E-state index in [-0.39, 0.29) is 22.8 Å². The molecule has 7 nitrogen and oxygen atoms in total. The number of thiophene rings is 2. The Morgan fingerprint density at radius 1 is 1.29 bits per heavy atom. The van der Waals surface area contributed by atoms with Crippen LogP contribution in [0.4, 0.5) is 4.79 Å². The van der Waals surface area contributed by atoms with E-state index in [0.717, 1.165) is 35.2 Å². The van der Waals surface area contributed by atoms with Crippen LogP contribution >= 0.6 is 22.7 Å². The molecule has 0 radical (unpaired) electrons. The lowest BCUT2D eigenvalue weighted by Crippen LogP contribution is -2.44. The minimum absolute atomic E-state index is 0.0989. The van der Waals surface area contributed by atoms with E-state index in [9.17, 15) is 13.2 Å². The Hall–Kier alpha value is -1.46. The van der Waals surface area contributed by atoms with E-state index in [1.165, 1.54) is 23.8 Å². The van der Waals surface area contributed by atoms with Gasteiger partial charge in [0.25, 0.3) is 0 Å². The minimum atomic E-state index is -3.70. The molecule has 0 bridgehead atoms. The van der Waals surface area contributed by atoms with Crippen LogP contribution in [0.15, 0.2) is 33.9 Å². The quantitative estimate of drug-likeness (QED) is 0.613. The molecule has 1 aliphatic heterocycles. The molecule has 2 aromatic rings. The largest absolute Gasteiger partial charge is 0.336 e. The summed E-state index contributed by atoms with van der Waals surface area (Å²) >= 11 is 2.78. The van der Waals surface area contributed by atoms with E-state index in [0.29, 0.717) is 6.54 Å². The molecule has 28 heavy (non-hydrogen) atoms. The topological polar surface area (TPSA) is 105 Å². The van der Waals surface area contributed by atoms with E-state index in [2.05, 4.69) is 33.9 Å². The normalized spacial score (nSPS) is 17.4. The van der Waals surface area contributed by atoms with Crippen molar-refractivity contribution in [2.45, 2.75) is 36.6 Å². The highest BCUT2D eigenvalue weighted by molar-refractivity contribution is 7.91. The molecule has 2 amide bonds. The molecule has 0 aromatic carbocycles. The number of piperidine rings is 1. The summed E-state index contributed by atoms with van der Waals surface area (Å²) in [5.41, 5.74) is 0. The van der Waals surface area contributed by atoms with Crippen molar-refractivity contribution in [3.05, 3.63) is 39.4 Å². The number of amides is 2. The van der Waals surface area contributed by atoms with Gasteiger partial charge in [-0.15, -0.1) is 22.7 Å². The molecule has 3 heterocycles. The maximum atomic E-state index is 12.3. The van der Waals surface area contributed by atoms with E-state index in [4.69, 9.17) is 5.14 Å². The summed E-state index contributed by atoms with van der Waals surface area (Å²) in [6.45, 7) is 5.16. The predicted octanol–water partition coefficient (Wildman–Crippen LogP) is 2.73. The molecule has 0 spiro atoms. The second kappa shape index (κ2) is 9.36. The number of likely N-dealkylation sites (tertiary alicyclic amines) is 1. The number of urea groups is 1. The van der Waals surface area contributed by atoms with Crippen LogP contribution in [0.2, 0.25) is 0 Å². The van der Waals surface area contributed by atoms with Crippen molar-refractivity contribution in [2.24, 2.45) is 11.1 Å². The van der Waals surface area contributed by atoms with Crippen LogP contribution in [0.25, 0.3) is 0 Å². The van der Waals surface area contributed by atoms with Gasteiger partial charge in [0, 0.05) is 16.3 Å². The Morgan fingerprint density at radius 2 is 2.04 bits per heavy atom. The van der Waals surface area contributed by atoms with Crippen LogP contribution in [0.3, 0.4) is 0 Å². The zero-order chi connectivity index (χ0) is 20.1. The molecule has 1 saturated heterocycles. The van der Waals surface area contributed by atoms with E-state index >= 15 is 0 Å². The Morgan fingerprint density at radius 3 is 2.64 bits per heavy atom. The summed E-state index contributed by atoms with van der Waals surface area (Å²) in [5, 5.41) is 12.9. The third-order valence-electron chi connectivity index (χ3n) is 4.93. The monoisotopic (exact) mass is 442 g/mol. The van der Waals surface area contributed by atoms with Crippen molar-refractivity contribution < 1.29 is 13.2 Å². The number of sulfonamides is 1. The number of rotatable bonds is 7. The van der Waals surface area contributed by atoms with Crippen molar-refractivity contribution in [3.8, 4) is 0 Å². The minimum Gasteiger partial charge on any atom is -0.336 e. The van der Waals surface area contributed by atoms with Gasteiger partial charge in [-0.1, -0.05) is 13.0 Å². The standard InChI is InChI=1S/C18H26N4O3S3/c1-13-6-8-22(9-7-13)15(16-3-2-10-26-16)12-21-18(23)20-11-14-4-5-17(27-14)28(19,24)25/h2-5,10,13,15H,6-9,11-12H2,1H3,(H2,19,24,25)(H2,20,21,23)/t15-/m1/s1. The highest BCUT2D eigenvalue weighted by Crippen LogP contribution is 2.29. The molecule has 0 unspecified atom stereocenters. The Kier molecular flexibility index (Phi) is 7.10. The van der Waals surface area contributed by atoms with Gasteiger partial charge in [0.05, 0.1) is 12.6 Å². The van der Waals surface area contributed by atoms with Crippen LogP contribution in [0, 0.1) is 5.92 Å². The van der Waals surface area contributed by atoms with Crippen LogP contribution in [0.1, 0.15) is 35.6 Å². The first-order valence-electron chi connectivity index (χ1n) is 9.23. The van der Waals surface area contributed by atoms with Gasteiger partial charge in [-0.25, -0.2) is 18.4 Å². The van der Waals surface area contributed by atoms with Gasteiger partial charge in [-0.05, 0) is 55.4 Å². The van der Waals surface area contributed by atoms with E-state index in [1.807, 2.05) is 6.07 Å². The number of primary sulfonamides is 1. The summed E-state index contributed by atoms with van der Waals surface area (Å²) in [4.78, 5) is 16.7. The van der Waals surface area contributed by atoms with Gasteiger partial charge in [-0.3, -0.25) is 4.90 Å². The highest BCUT2D eigenvalue weighted by Gasteiger charge is 2.25. The number of nitrogens with zero attached hydrogens (tertiary/aromatic N) is 1. The highest BCUT2D eigenvalue weighted by atomic mass is 32.2. The van der Waals surface area contributed by atoms with Crippen molar-refractivity contribution in [3.63, 3.8) is 0 Å². The van der Waals surface area contributed by atoms with Crippen LogP contribution < -0.4 is 15.8 Å². The molecular formula is C18H26N4O3S3. The number of carbonyl (C=O) groups excluding carboxylic acids is 1. The van der Waals surface area contributed by atoms with Crippen molar-refractivity contribution in [1.82, 2.24) is 15.5 Å². The van der Waals surface area contributed by atoms with Gasteiger partial charge in [0.2, 0.25) is 10.0 Å². The third-order valence-corrected chi connectivity index (χ3v) is 8.42. The lowest BCUT2D eigenvalue weighted by Gasteiger charge is -2.36. The molecule has 4 N–H and O–H groups in total. The van der Waals surface area contributed by atoms with Crippen molar-refractivity contribution in [2.75, 3.05) is 19.6 Å². The smallest absolute Gasteiger partial charge is 0.315 e. The second-order valence-electron chi connectivity index (χ2n) is 7.08. The first kappa shape index (κ1) is 21.3. The zero-order valence-electron chi connectivity index (χ0n) is 15.8. The number of hydrogen-bond donors (Lipinski definition) is 3. The summed E-state index contributed by atoms with van der Waals surface area (Å²) in [7, 11) is -3.70. The van der Waals surface area contributed by atoms with Gasteiger partial charge >= 0.3 is 6.03 Å². The fraction of sp³-hybridized carbons (Fsp3) is 0.500. The van der Waals surface area contributed by atoms with Crippen LogP contribution in [-0.2, 0) is 16.6 Å². The molecule has 3 rings (SSSR count). The number of carbonyl (C=O) groups is 1. The van der Waals surface area contributed by atoms with E-state index in [1.54, 1.807) is 17.4 Å². The first-order chi connectivity index (χ1) is 13.3. The molecule has 1 aliphatic rings. The maximum absolute atomic E-state index is 12.3. The first-order valence-corrected chi connectivity index (χ1v) is 12.5. The van der Waals surface area contributed by atoms with Gasteiger partial charge < -0.3 is 10.6 Å². The van der Waals surface area contributed by atoms with E-state index < -0.39 is 10.0 Å². The predicted molar refractivity (Wildman–Crippen MR) is 113 cm³/mol. The summed E-state index contributed by atoms with van der Waals surface area (Å²) in [5.74, 6) is 0.754. The summed E-state index contributed by atoms with van der Waals surface area (Å²) in [6.07, 6.45) is 2.36. The lowest BCUT2D eigenvalue weighted by atomic mass is 9.97. The van der Waals surface area contributed by atoms with Crippen LogP contribution in [-0.4, -0.2) is 39.0 Å². The Bertz CT molecular complexity index is 872. The average Bonchev–Trinajstić information content (AvgIpc) is 3.33. The molecule has 1 fully saturated rings. The summed E-state index contributed by atoms with van der Waals surface area (Å²) in [6, 6.07) is 7.19. The van der Waals surface area contributed by atoms with Gasteiger partial charge in [0.15, 0.2) is 0 Å². The second-order valence-corrected chi connectivity index (χ2v) is 11.0. The number of nitrogens with one attached hydrogen (secondary N) is 2. The number of nitrogens with two attached hydrogens (primary N) is 1. The summed E-state index contributed by atoms with van der Waals surface area (Å²) < 4.78 is 22.8. The molecule has 10 heteroatoms. The maximum Gasteiger partial charge on any atom is 0.315 e. The number of hydrogen-bond acceptors (Lipinski definition) is 6. The fourth-order valence-electron chi connectivity index (χ4n) is 3.26. The molecule has 154 valence electrons. The van der Waals surface area contributed by atoms with Gasteiger partial charge in [-0.2, -0.15) is 0 Å². The molecule has 2 aromatic heterocycles. The lowest BCUT2D eigenvalue weighted by molar-refractivity contribution is 0.138. The molecule has 0 saturated carbocycles. The molecular weight excluding hydrogens is 416 g/mol. The third kappa shape index (κ3) is 5.77. The zero-order valence-corrected chi connectivity index (χ0v) is 18.2. The Balaban J connectivity index is 1.53. The van der Waals surface area contributed by atoms with Crippen molar-refractivity contribution >= 4 is 38.7 Å². The average molecular weight is 443 g/mol. The SMILES string of the molecule is CC1CCN([C@H](CNC(=O)NCc2ccc(S(N)(=O)=O)s2)c2cccs2)CC1. The molecule has 0 aliphatic carbocycles. The van der Waals surface area contributed by atoms with Gasteiger partial charge in [0.1, 0.15) is 4.21 Å². The van der Waals surface area contributed by atoms with Crippen molar-refractivity contribution in [1.29, 1.82) is 0 Å². The molecule has 1 atom stereocenters. The fourth-order valence-corrected chi connectivity index (χ4v) is 5.84.